The molecule has 0 saturated heterocycles. The smallest absolute Gasteiger partial charge is 0.251 e. The lowest BCUT2D eigenvalue weighted by molar-refractivity contribution is 0.0939. The predicted molar refractivity (Wildman–Crippen MR) is 142 cm³/mol. The van der Waals surface area contributed by atoms with Gasteiger partial charge in [-0.1, -0.05) is 61.5 Å². The molecule has 4 N–H and O–H groups in total. The molecular formula is C29H31N5O2. The number of rotatable bonds is 9. The van der Waals surface area contributed by atoms with Gasteiger partial charge in [0.2, 0.25) is 11.8 Å². The van der Waals surface area contributed by atoms with Gasteiger partial charge in [-0.15, -0.1) is 10.2 Å². The zero-order valence-corrected chi connectivity index (χ0v) is 20.8. The second-order valence-corrected chi connectivity index (χ2v) is 9.31. The molecule has 3 aromatic carbocycles. The monoisotopic (exact) mass is 481 g/mol. The van der Waals surface area contributed by atoms with E-state index in [0.717, 1.165) is 28.7 Å². The van der Waals surface area contributed by atoms with E-state index in [1.54, 1.807) is 6.07 Å². The summed E-state index contributed by atoms with van der Waals surface area (Å²) in [7, 11) is 0. The summed E-state index contributed by atoms with van der Waals surface area (Å²) in [5.74, 6) is 0.408. The van der Waals surface area contributed by atoms with E-state index in [1.165, 1.54) is 6.21 Å². The molecule has 0 bridgehead atoms. The van der Waals surface area contributed by atoms with Crippen LogP contribution in [0, 0.1) is 5.41 Å². The van der Waals surface area contributed by atoms with Crippen LogP contribution in [-0.2, 0) is 12.0 Å². The summed E-state index contributed by atoms with van der Waals surface area (Å²) in [5, 5.41) is 19.4. The van der Waals surface area contributed by atoms with E-state index < -0.39 is 5.54 Å². The molecule has 1 amide bonds. The molecule has 0 saturated carbocycles. The molecular weight excluding hydrogens is 450 g/mol. The number of nitrogens with two attached hydrogens (primary N) is 1. The van der Waals surface area contributed by atoms with Gasteiger partial charge in [0.25, 0.3) is 5.91 Å². The number of hydrogen-bond donors (Lipinski definition) is 3. The number of carbonyl (C=O) groups excluding carboxylic acids is 1. The molecule has 184 valence electrons. The Balaban J connectivity index is 1.75. The number of amides is 1. The number of carbonyl (C=O) groups is 1. The molecule has 1 aromatic heterocycles. The van der Waals surface area contributed by atoms with Crippen molar-refractivity contribution >= 4 is 12.1 Å². The molecule has 7 heteroatoms. The standard InChI is InChI=1S/C29H31N5O2/c1-4-19(2)32-26(35)23-14-22(25-13-9-8-12-21(25)18-30)15-24(16-23)27-33-34-28(36-27)29(3,31)17-20-10-6-5-7-11-20/h5-16,18-19,30H,4,17,31H2,1-3H3,(H,32,35)/t19?,29-/m0/s1. The summed E-state index contributed by atoms with van der Waals surface area (Å²) in [4.78, 5) is 13.1. The van der Waals surface area contributed by atoms with Crippen molar-refractivity contribution in [2.45, 2.75) is 45.2 Å². The molecule has 4 rings (SSSR count). The van der Waals surface area contributed by atoms with E-state index in [0.29, 0.717) is 23.4 Å². The number of nitrogens with one attached hydrogen (secondary N) is 2. The zero-order valence-electron chi connectivity index (χ0n) is 20.8. The van der Waals surface area contributed by atoms with E-state index in [4.69, 9.17) is 15.6 Å². The Morgan fingerprint density at radius 3 is 2.50 bits per heavy atom. The van der Waals surface area contributed by atoms with Crippen molar-refractivity contribution in [1.29, 1.82) is 5.41 Å². The van der Waals surface area contributed by atoms with Crippen LogP contribution in [0.1, 0.15) is 54.6 Å². The largest absolute Gasteiger partial charge is 0.419 e. The lowest BCUT2D eigenvalue weighted by Gasteiger charge is -2.20. The Morgan fingerprint density at radius 1 is 1.08 bits per heavy atom. The van der Waals surface area contributed by atoms with Gasteiger partial charge in [-0.05, 0) is 67.1 Å². The summed E-state index contributed by atoms with van der Waals surface area (Å²) >= 11 is 0. The highest BCUT2D eigenvalue weighted by atomic mass is 16.4. The van der Waals surface area contributed by atoms with Crippen molar-refractivity contribution in [1.82, 2.24) is 15.5 Å². The van der Waals surface area contributed by atoms with Crippen molar-refractivity contribution in [3.05, 3.63) is 95.4 Å². The van der Waals surface area contributed by atoms with Crippen molar-refractivity contribution in [3.63, 3.8) is 0 Å². The van der Waals surface area contributed by atoms with Gasteiger partial charge in [0.1, 0.15) is 0 Å². The molecule has 36 heavy (non-hydrogen) atoms. The normalized spacial score (nSPS) is 13.6. The molecule has 1 unspecified atom stereocenters. The van der Waals surface area contributed by atoms with E-state index in [-0.39, 0.29) is 17.8 Å². The molecule has 0 radical (unpaired) electrons. The molecule has 0 aliphatic carbocycles. The Labute approximate surface area is 211 Å². The Hall–Kier alpha value is -4.10. The summed E-state index contributed by atoms with van der Waals surface area (Å²) in [6, 6.07) is 23.0. The van der Waals surface area contributed by atoms with Gasteiger partial charge in [0, 0.05) is 23.4 Å². The maximum Gasteiger partial charge on any atom is 0.251 e. The Morgan fingerprint density at radius 2 is 1.78 bits per heavy atom. The third kappa shape index (κ3) is 5.58. The van der Waals surface area contributed by atoms with E-state index in [2.05, 4.69) is 15.5 Å². The molecule has 0 fully saturated rings. The predicted octanol–water partition coefficient (Wildman–Crippen LogP) is 5.35. The first-order valence-corrected chi connectivity index (χ1v) is 12.0. The van der Waals surface area contributed by atoms with Gasteiger partial charge in [0.05, 0.1) is 5.54 Å². The first kappa shape index (κ1) is 25.0. The van der Waals surface area contributed by atoms with Crippen LogP contribution >= 0.6 is 0 Å². The summed E-state index contributed by atoms with van der Waals surface area (Å²) in [6.45, 7) is 5.84. The van der Waals surface area contributed by atoms with Crippen LogP contribution in [0.2, 0.25) is 0 Å². The van der Waals surface area contributed by atoms with Crippen molar-refractivity contribution in [2.24, 2.45) is 5.73 Å². The maximum atomic E-state index is 13.1. The first-order valence-electron chi connectivity index (χ1n) is 12.0. The third-order valence-electron chi connectivity index (χ3n) is 6.19. The van der Waals surface area contributed by atoms with Gasteiger partial charge in [-0.3, -0.25) is 4.79 Å². The van der Waals surface area contributed by atoms with E-state index in [1.807, 2.05) is 87.5 Å². The lowest BCUT2D eigenvalue weighted by atomic mass is 9.94. The van der Waals surface area contributed by atoms with Gasteiger partial charge in [0.15, 0.2) is 0 Å². The quantitative estimate of drug-likeness (QED) is 0.279. The topological polar surface area (TPSA) is 118 Å². The second kappa shape index (κ2) is 10.7. The molecule has 4 aromatic rings. The van der Waals surface area contributed by atoms with Crippen molar-refractivity contribution in [2.75, 3.05) is 0 Å². The minimum Gasteiger partial charge on any atom is -0.419 e. The van der Waals surface area contributed by atoms with Crippen LogP contribution < -0.4 is 11.1 Å². The minimum atomic E-state index is -0.867. The highest BCUT2D eigenvalue weighted by molar-refractivity contribution is 5.98. The fraction of sp³-hybridized carbons (Fsp3) is 0.241. The number of benzene rings is 3. The van der Waals surface area contributed by atoms with Crippen molar-refractivity contribution in [3.8, 4) is 22.6 Å². The third-order valence-corrected chi connectivity index (χ3v) is 6.19. The molecule has 0 aliphatic rings. The van der Waals surface area contributed by atoms with Crippen molar-refractivity contribution < 1.29 is 9.21 Å². The molecule has 1 heterocycles. The van der Waals surface area contributed by atoms with Gasteiger partial charge in [-0.2, -0.15) is 0 Å². The van der Waals surface area contributed by atoms with Crippen LogP contribution in [0.5, 0.6) is 0 Å². The van der Waals surface area contributed by atoms with Crippen LogP contribution in [-0.4, -0.2) is 28.4 Å². The minimum absolute atomic E-state index is 0.0319. The fourth-order valence-corrected chi connectivity index (χ4v) is 4.00. The highest BCUT2D eigenvalue weighted by Gasteiger charge is 2.29. The fourth-order valence-electron chi connectivity index (χ4n) is 4.00. The molecule has 2 atom stereocenters. The SMILES string of the molecule is CCC(C)NC(=O)c1cc(-c2nnc([C@@](C)(N)Cc3ccccc3)o2)cc(-c2ccccc2C=N)c1. The van der Waals surface area contributed by atoms with E-state index in [9.17, 15) is 4.79 Å². The number of aromatic nitrogens is 2. The van der Waals surface area contributed by atoms with Crippen LogP contribution in [0.25, 0.3) is 22.6 Å². The second-order valence-electron chi connectivity index (χ2n) is 9.31. The Kier molecular flexibility index (Phi) is 7.41. The first-order chi connectivity index (χ1) is 17.3. The lowest BCUT2D eigenvalue weighted by Crippen LogP contribution is -2.35. The van der Waals surface area contributed by atoms with Gasteiger partial charge in [-0.25, -0.2) is 0 Å². The summed E-state index contributed by atoms with van der Waals surface area (Å²) in [5.41, 5.74) is 10.2. The number of hydrogen-bond acceptors (Lipinski definition) is 6. The average molecular weight is 482 g/mol. The summed E-state index contributed by atoms with van der Waals surface area (Å²) < 4.78 is 6.07. The van der Waals surface area contributed by atoms with Crippen LogP contribution in [0.15, 0.2) is 77.2 Å². The maximum absolute atomic E-state index is 13.1. The van der Waals surface area contributed by atoms with Crippen LogP contribution in [0.3, 0.4) is 0 Å². The van der Waals surface area contributed by atoms with Gasteiger partial charge >= 0.3 is 0 Å². The zero-order chi connectivity index (χ0) is 25.7. The molecule has 0 aliphatic heterocycles. The van der Waals surface area contributed by atoms with Gasteiger partial charge < -0.3 is 20.9 Å². The molecule has 7 nitrogen and oxygen atoms in total. The number of nitrogens with zero attached hydrogens (tertiary/aromatic N) is 2. The van der Waals surface area contributed by atoms with Crippen LogP contribution in [0.4, 0.5) is 0 Å². The molecule has 0 spiro atoms. The van der Waals surface area contributed by atoms with E-state index >= 15 is 0 Å². The summed E-state index contributed by atoms with van der Waals surface area (Å²) in [6.07, 6.45) is 2.65. The average Bonchev–Trinajstić information content (AvgIpc) is 3.40. The highest BCUT2D eigenvalue weighted by Crippen LogP contribution is 2.31. The Bertz CT molecular complexity index is 1360.